The molecule has 2 aromatic rings. The van der Waals surface area contributed by atoms with E-state index < -0.39 is 16.1 Å². The zero-order valence-corrected chi connectivity index (χ0v) is 22.8. The van der Waals surface area contributed by atoms with E-state index in [1.165, 1.54) is 28.4 Å². The molecule has 0 unspecified atom stereocenters. The lowest BCUT2D eigenvalue weighted by molar-refractivity contribution is -0.140. The van der Waals surface area contributed by atoms with Gasteiger partial charge in [-0.15, -0.1) is 0 Å². The Labute approximate surface area is 218 Å². The first-order valence-electron chi connectivity index (χ1n) is 11.5. The van der Waals surface area contributed by atoms with Crippen LogP contribution in [0.15, 0.2) is 53.4 Å². The summed E-state index contributed by atoms with van der Waals surface area (Å²) in [5.74, 6) is -0.312. The molecule has 2 amide bonds. The van der Waals surface area contributed by atoms with Crippen LogP contribution in [0.3, 0.4) is 0 Å². The predicted molar refractivity (Wildman–Crippen MR) is 140 cm³/mol. The van der Waals surface area contributed by atoms with Crippen LogP contribution in [0.1, 0.15) is 39.2 Å². The number of carbonyl (C=O) groups is 2. The molecule has 0 aliphatic carbocycles. The molecule has 0 aliphatic heterocycles. The summed E-state index contributed by atoms with van der Waals surface area (Å²) in [6, 6.07) is 12.4. The van der Waals surface area contributed by atoms with Gasteiger partial charge in [0, 0.05) is 48.7 Å². The summed E-state index contributed by atoms with van der Waals surface area (Å²) in [6.07, 6.45) is 0.340. The van der Waals surface area contributed by atoms with E-state index in [0.29, 0.717) is 22.2 Å². The van der Waals surface area contributed by atoms with Crippen LogP contribution < -0.4 is 5.32 Å². The number of carbonyl (C=O) groups excluding carboxylic acids is 2. The fraction of sp³-hybridized carbons (Fsp3) is 0.440. The van der Waals surface area contributed by atoms with Crippen LogP contribution in [-0.4, -0.2) is 55.6 Å². The summed E-state index contributed by atoms with van der Waals surface area (Å²) in [7, 11) is -2.17. The average Bonchev–Trinajstić information content (AvgIpc) is 2.82. The van der Waals surface area contributed by atoms with Crippen LogP contribution in [0.5, 0.6) is 0 Å². The van der Waals surface area contributed by atoms with Crippen molar-refractivity contribution in [2.45, 2.75) is 51.1 Å². The highest BCUT2D eigenvalue weighted by Crippen LogP contribution is 2.27. The smallest absolute Gasteiger partial charge is 0.242 e. The van der Waals surface area contributed by atoms with Crippen LogP contribution in [0, 0.1) is 5.92 Å². The van der Waals surface area contributed by atoms with E-state index in [4.69, 9.17) is 23.2 Å². The minimum absolute atomic E-state index is 0.0541. The zero-order valence-electron chi connectivity index (χ0n) is 20.5. The van der Waals surface area contributed by atoms with Gasteiger partial charge in [-0.25, -0.2) is 12.7 Å². The fourth-order valence-electron chi connectivity index (χ4n) is 3.38. The number of benzene rings is 2. The number of halogens is 2. The summed E-state index contributed by atoms with van der Waals surface area (Å²) in [6.45, 7) is 6.32. The highest BCUT2D eigenvalue weighted by molar-refractivity contribution is 7.89. The molecule has 1 atom stereocenters. The maximum atomic E-state index is 13.2. The first-order valence-corrected chi connectivity index (χ1v) is 13.7. The van der Waals surface area contributed by atoms with Crippen molar-refractivity contribution in [1.82, 2.24) is 14.5 Å². The van der Waals surface area contributed by atoms with Crippen molar-refractivity contribution in [2.24, 2.45) is 5.92 Å². The number of sulfonamides is 1. The maximum absolute atomic E-state index is 13.2. The largest absolute Gasteiger partial charge is 0.354 e. The molecule has 192 valence electrons. The van der Waals surface area contributed by atoms with Gasteiger partial charge in [0.05, 0.1) is 4.90 Å². The van der Waals surface area contributed by atoms with Crippen molar-refractivity contribution in [1.29, 1.82) is 0 Å². The van der Waals surface area contributed by atoms with E-state index in [1.54, 1.807) is 43.3 Å². The van der Waals surface area contributed by atoms with Gasteiger partial charge in [0.25, 0.3) is 0 Å². The van der Waals surface area contributed by atoms with Crippen molar-refractivity contribution >= 4 is 45.0 Å². The SMILES string of the molecule is CC(C)CNC(=O)[C@H](C)N(Cc1c(Cl)cccc1Cl)C(=O)CCCN(C)S(=O)(=O)c1ccccc1. The topological polar surface area (TPSA) is 86.8 Å². The summed E-state index contributed by atoms with van der Waals surface area (Å²) in [5, 5.41) is 3.66. The lowest BCUT2D eigenvalue weighted by atomic mass is 10.1. The molecule has 2 aromatic carbocycles. The van der Waals surface area contributed by atoms with Crippen molar-refractivity contribution < 1.29 is 18.0 Å². The molecule has 7 nitrogen and oxygen atoms in total. The second kappa shape index (κ2) is 13.3. The minimum atomic E-state index is -3.65. The molecule has 0 aliphatic rings. The standard InChI is InChI=1S/C25H33Cl2N3O4S/c1-18(2)16-28-25(32)19(3)30(17-21-22(26)12-8-13-23(21)27)24(31)14-9-15-29(4)35(33,34)20-10-6-5-7-11-20/h5-8,10-13,18-19H,9,14-17H2,1-4H3,(H,28,32)/t19-/m0/s1. The molecule has 1 N–H and O–H groups in total. The van der Waals surface area contributed by atoms with E-state index in [0.717, 1.165) is 0 Å². The van der Waals surface area contributed by atoms with Gasteiger partial charge in [0.1, 0.15) is 6.04 Å². The van der Waals surface area contributed by atoms with Crippen molar-refractivity contribution in [3.05, 3.63) is 64.1 Å². The highest BCUT2D eigenvalue weighted by atomic mass is 35.5. The summed E-state index contributed by atoms with van der Waals surface area (Å²) < 4.78 is 26.7. The molecule has 10 heteroatoms. The Morgan fingerprint density at radius 3 is 2.14 bits per heavy atom. The Bertz CT molecular complexity index is 1090. The lowest BCUT2D eigenvalue weighted by Gasteiger charge is -2.30. The summed E-state index contributed by atoms with van der Waals surface area (Å²) in [5.41, 5.74) is 0.552. The van der Waals surface area contributed by atoms with Gasteiger partial charge in [-0.3, -0.25) is 9.59 Å². The van der Waals surface area contributed by atoms with Gasteiger partial charge in [0.2, 0.25) is 21.8 Å². The quantitative estimate of drug-likeness (QED) is 0.425. The molecule has 0 saturated heterocycles. The average molecular weight is 543 g/mol. The second-order valence-corrected chi connectivity index (χ2v) is 11.6. The molecule has 0 heterocycles. The van der Waals surface area contributed by atoms with E-state index in [1.807, 2.05) is 13.8 Å². The van der Waals surface area contributed by atoms with E-state index in [-0.39, 0.29) is 48.6 Å². The molecule has 0 spiro atoms. The normalized spacial score (nSPS) is 12.6. The molecule has 35 heavy (non-hydrogen) atoms. The zero-order chi connectivity index (χ0) is 26.2. The number of nitrogens with zero attached hydrogens (tertiary/aromatic N) is 2. The molecule has 0 aromatic heterocycles. The lowest BCUT2D eigenvalue weighted by Crippen LogP contribution is -2.48. The third-order valence-corrected chi connectivity index (χ3v) is 8.14. The molecule has 0 bridgehead atoms. The minimum Gasteiger partial charge on any atom is -0.354 e. The number of hydrogen-bond acceptors (Lipinski definition) is 4. The van der Waals surface area contributed by atoms with Crippen LogP contribution in [-0.2, 0) is 26.2 Å². The Morgan fingerprint density at radius 2 is 1.57 bits per heavy atom. The van der Waals surface area contributed by atoms with Crippen molar-refractivity contribution in [3.63, 3.8) is 0 Å². The van der Waals surface area contributed by atoms with E-state index in [9.17, 15) is 18.0 Å². The van der Waals surface area contributed by atoms with E-state index in [2.05, 4.69) is 5.32 Å². The Morgan fingerprint density at radius 1 is 0.971 bits per heavy atom. The maximum Gasteiger partial charge on any atom is 0.242 e. The Hall–Kier alpha value is -2.13. The van der Waals surface area contributed by atoms with Gasteiger partial charge >= 0.3 is 0 Å². The van der Waals surface area contributed by atoms with E-state index >= 15 is 0 Å². The van der Waals surface area contributed by atoms with Crippen LogP contribution in [0.4, 0.5) is 0 Å². The van der Waals surface area contributed by atoms with Crippen molar-refractivity contribution in [3.8, 4) is 0 Å². The number of hydrogen-bond donors (Lipinski definition) is 1. The highest BCUT2D eigenvalue weighted by Gasteiger charge is 2.28. The number of nitrogens with one attached hydrogen (secondary N) is 1. The predicted octanol–water partition coefficient (Wildman–Crippen LogP) is 4.58. The molecule has 0 radical (unpaired) electrons. The van der Waals surface area contributed by atoms with Gasteiger partial charge in [-0.2, -0.15) is 0 Å². The molecule has 0 fully saturated rings. The molecular weight excluding hydrogens is 509 g/mol. The summed E-state index contributed by atoms with van der Waals surface area (Å²) >= 11 is 12.6. The third kappa shape index (κ3) is 8.20. The monoisotopic (exact) mass is 541 g/mol. The second-order valence-electron chi connectivity index (χ2n) is 8.78. The van der Waals surface area contributed by atoms with Gasteiger partial charge in [-0.1, -0.05) is 61.3 Å². The van der Waals surface area contributed by atoms with Gasteiger partial charge in [-0.05, 0) is 43.5 Å². The molecule has 0 saturated carbocycles. The summed E-state index contributed by atoms with van der Waals surface area (Å²) in [4.78, 5) is 27.6. The van der Waals surface area contributed by atoms with Crippen molar-refractivity contribution in [2.75, 3.05) is 20.1 Å². The van der Waals surface area contributed by atoms with Crippen LogP contribution in [0.2, 0.25) is 10.0 Å². The Balaban J connectivity index is 2.13. The molecular formula is C25H33Cl2N3O4S. The molecule has 2 rings (SSSR count). The fourth-order valence-corrected chi connectivity index (χ4v) is 5.13. The number of amides is 2. The first kappa shape index (κ1) is 29.1. The first-order chi connectivity index (χ1) is 16.4. The van der Waals surface area contributed by atoms with Crippen LogP contribution >= 0.6 is 23.2 Å². The third-order valence-electron chi connectivity index (χ3n) is 5.56. The number of rotatable bonds is 12. The van der Waals surface area contributed by atoms with Gasteiger partial charge in [0.15, 0.2) is 0 Å². The Kier molecular flexibility index (Phi) is 11.0. The van der Waals surface area contributed by atoms with Crippen LogP contribution in [0.25, 0.3) is 0 Å². The van der Waals surface area contributed by atoms with Gasteiger partial charge < -0.3 is 10.2 Å².